The lowest BCUT2D eigenvalue weighted by Crippen LogP contribution is -2.20. The van der Waals surface area contributed by atoms with E-state index in [1.807, 2.05) is 6.07 Å². The number of aromatic nitrogens is 7. The summed E-state index contributed by atoms with van der Waals surface area (Å²) in [7, 11) is 0. The highest BCUT2D eigenvalue weighted by atomic mass is 16.1. The molecule has 0 aliphatic carbocycles. The largest absolute Gasteiger partial charge is 0.286 e. The standard InChI is InChI=1S/C12H7N7O/c20-11-10-8(19-12(17-16-10)14-7-15-19)4-6-18(11)9-3-1-2-5-13-9/h1-7H. The Bertz CT molecular complexity index is 973. The third-order valence-electron chi connectivity index (χ3n) is 2.94. The van der Waals surface area contributed by atoms with Gasteiger partial charge in [-0.25, -0.2) is 4.98 Å². The van der Waals surface area contributed by atoms with Crippen LogP contribution >= 0.6 is 0 Å². The SMILES string of the molecule is O=c1c2nnc3ncnn3c2ccn1-c1ccccn1. The van der Waals surface area contributed by atoms with E-state index in [4.69, 9.17) is 0 Å². The first-order valence-corrected chi connectivity index (χ1v) is 5.84. The second kappa shape index (κ2) is 3.92. The van der Waals surface area contributed by atoms with Crippen LogP contribution in [-0.2, 0) is 0 Å². The maximum Gasteiger partial charge on any atom is 0.286 e. The van der Waals surface area contributed by atoms with Crippen molar-refractivity contribution in [3.8, 4) is 5.82 Å². The highest BCUT2D eigenvalue weighted by Crippen LogP contribution is 2.08. The van der Waals surface area contributed by atoms with E-state index in [1.54, 1.807) is 30.6 Å². The van der Waals surface area contributed by atoms with Crippen LogP contribution in [0.4, 0.5) is 0 Å². The number of hydrogen-bond acceptors (Lipinski definition) is 6. The van der Waals surface area contributed by atoms with E-state index < -0.39 is 0 Å². The molecule has 0 aliphatic heterocycles. The van der Waals surface area contributed by atoms with E-state index in [2.05, 4.69) is 25.3 Å². The lowest BCUT2D eigenvalue weighted by molar-refractivity contribution is 0.901. The zero-order valence-electron chi connectivity index (χ0n) is 10.1. The zero-order chi connectivity index (χ0) is 13.5. The quantitative estimate of drug-likeness (QED) is 0.489. The van der Waals surface area contributed by atoms with Gasteiger partial charge in [-0.3, -0.25) is 9.36 Å². The van der Waals surface area contributed by atoms with Crippen molar-refractivity contribution in [2.24, 2.45) is 0 Å². The fourth-order valence-electron chi connectivity index (χ4n) is 2.03. The Morgan fingerprint density at radius 1 is 1.05 bits per heavy atom. The molecular weight excluding hydrogens is 258 g/mol. The van der Waals surface area contributed by atoms with Gasteiger partial charge in [0.05, 0.1) is 0 Å². The summed E-state index contributed by atoms with van der Waals surface area (Å²) in [5, 5.41) is 11.8. The molecule has 0 amide bonds. The van der Waals surface area contributed by atoms with Gasteiger partial charge in [0.1, 0.15) is 17.7 Å². The van der Waals surface area contributed by atoms with Crippen molar-refractivity contribution in [2.75, 3.05) is 0 Å². The van der Waals surface area contributed by atoms with E-state index in [0.29, 0.717) is 17.1 Å². The van der Waals surface area contributed by atoms with Crippen LogP contribution in [-0.4, -0.2) is 34.3 Å². The average molecular weight is 265 g/mol. The fraction of sp³-hybridized carbons (Fsp3) is 0. The molecule has 0 unspecified atom stereocenters. The molecule has 4 heterocycles. The van der Waals surface area contributed by atoms with Crippen molar-refractivity contribution in [3.05, 3.63) is 53.3 Å². The van der Waals surface area contributed by atoms with E-state index >= 15 is 0 Å². The van der Waals surface area contributed by atoms with Crippen LogP contribution in [0.2, 0.25) is 0 Å². The molecule has 4 aromatic heterocycles. The Kier molecular flexibility index (Phi) is 2.10. The first kappa shape index (κ1) is 10.7. The van der Waals surface area contributed by atoms with Crippen molar-refractivity contribution < 1.29 is 0 Å². The van der Waals surface area contributed by atoms with Gasteiger partial charge in [0.25, 0.3) is 11.3 Å². The minimum atomic E-state index is -0.300. The van der Waals surface area contributed by atoms with Gasteiger partial charge in [-0.2, -0.15) is 14.6 Å². The Hall–Kier alpha value is -3.16. The molecule has 0 saturated carbocycles. The summed E-state index contributed by atoms with van der Waals surface area (Å²) < 4.78 is 2.90. The summed E-state index contributed by atoms with van der Waals surface area (Å²) in [4.78, 5) is 20.5. The van der Waals surface area contributed by atoms with Crippen LogP contribution in [0.1, 0.15) is 0 Å². The second-order valence-corrected chi connectivity index (χ2v) is 4.08. The van der Waals surface area contributed by atoms with Gasteiger partial charge < -0.3 is 0 Å². The summed E-state index contributed by atoms with van der Waals surface area (Å²) in [5.74, 6) is 0.882. The maximum atomic E-state index is 12.5. The van der Waals surface area contributed by atoms with Gasteiger partial charge in [0, 0.05) is 12.4 Å². The third kappa shape index (κ3) is 1.41. The van der Waals surface area contributed by atoms with E-state index in [9.17, 15) is 4.79 Å². The molecule has 8 nitrogen and oxygen atoms in total. The molecule has 4 rings (SSSR count). The number of fused-ring (bicyclic) bond motifs is 3. The predicted molar refractivity (Wildman–Crippen MR) is 69.5 cm³/mol. The lowest BCUT2D eigenvalue weighted by atomic mass is 10.3. The molecule has 0 aliphatic rings. The molecule has 96 valence electrons. The predicted octanol–water partition coefficient (Wildman–Crippen LogP) is 0.218. The van der Waals surface area contributed by atoms with Crippen molar-refractivity contribution >= 4 is 16.8 Å². The Labute approximate surface area is 111 Å². The first-order valence-electron chi connectivity index (χ1n) is 5.84. The van der Waals surface area contributed by atoms with E-state index in [0.717, 1.165) is 0 Å². The Balaban J connectivity index is 2.10. The van der Waals surface area contributed by atoms with Crippen LogP contribution in [0.15, 0.2) is 47.8 Å². The van der Waals surface area contributed by atoms with Gasteiger partial charge in [0.15, 0.2) is 5.52 Å². The number of hydrogen-bond donors (Lipinski definition) is 0. The highest BCUT2D eigenvalue weighted by molar-refractivity contribution is 5.74. The van der Waals surface area contributed by atoms with Crippen LogP contribution in [0.3, 0.4) is 0 Å². The smallest absolute Gasteiger partial charge is 0.266 e. The summed E-state index contributed by atoms with van der Waals surface area (Å²) in [5.41, 5.74) is 0.479. The molecule has 0 spiro atoms. The third-order valence-corrected chi connectivity index (χ3v) is 2.94. The minimum Gasteiger partial charge on any atom is -0.266 e. The van der Waals surface area contributed by atoms with Crippen molar-refractivity contribution in [2.45, 2.75) is 0 Å². The summed E-state index contributed by atoms with van der Waals surface area (Å²) in [6.45, 7) is 0. The van der Waals surface area contributed by atoms with Crippen molar-refractivity contribution in [1.82, 2.24) is 34.3 Å². The normalized spacial score (nSPS) is 11.2. The van der Waals surface area contributed by atoms with Gasteiger partial charge in [-0.05, 0) is 18.2 Å². The first-order chi connectivity index (χ1) is 9.84. The monoisotopic (exact) mass is 265 g/mol. The van der Waals surface area contributed by atoms with Gasteiger partial charge in [-0.1, -0.05) is 6.07 Å². The van der Waals surface area contributed by atoms with Gasteiger partial charge in [-0.15, -0.1) is 10.2 Å². The second-order valence-electron chi connectivity index (χ2n) is 4.08. The molecule has 0 N–H and O–H groups in total. The van der Waals surface area contributed by atoms with Crippen molar-refractivity contribution in [3.63, 3.8) is 0 Å². The molecule has 0 fully saturated rings. The molecule has 0 bridgehead atoms. The molecule has 8 heteroatoms. The van der Waals surface area contributed by atoms with Crippen LogP contribution in [0, 0.1) is 0 Å². The number of nitrogens with zero attached hydrogens (tertiary/aromatic N) is 7. The maximum absolute atomic E-state index is 12.5. The van der Waals surface area contributed by atoms with E-state index in [1.165, 1.54) is 15.4 Å². The Morgan fingerprint density at radius 2 is 2.00 bits per heavy atom. The zero-order valence-corrected chi connectivity index (χ0v) is 10.1. The van der Waals surface area contributed by atoms with Crippen LogP contribution < -0.4 is 5.56 Å². The van der Waals surface area contributed by atoms with Crippen LogP contribution in [0.5, 0.6) is 0 Å². The summed E-state index contributed by atoms with van der Waals surface area (Å²) >= 11 is 0. The highest BCUT2D eigenvalue weighted by Gasteiger charge is 2.11. The van der Waals surface area contributed by atoms with Gasteiger partial charge in [0.2, 0.25) is 0 Å². The molecule has 0 radical (unpaired) electrons. The molecule has 0 aromatic carbocycles. The molecular formula is C12H7N7O. The number of rotatable bonds is 1. The van der Waals surface area contributed by atoms with Crippen LogP contribution in [0.25, 0.3) is 22.6 Å². The molecule has 4 aromatic rings. The van der Waals surface area contributed by atoms with Gasteiger partial charge >= 0.3 is 0 Å². The Morgan fingerprint density at radius 3 is 2.85 bits per heavy atom. The lowest BCUT2D eigenvalue weighted by Gasteiger charge is -2.05. The van der Waals surface area contributed by atoms with Crippen molar-refractivity contribution in [1.29, 1.82) is 0 Å². The minimum absolute atomic E-state index is 0.219. The molecule has 0 saturated heterocycles. The van der Waals surface area contributed by atoms with E-state index in [-0.39, 0.29) is 11.1 Å². The summed E-state index contributed by atoms with van der Waals surface area (Å²) in [6, 6.07) is 7.08. The fourth-order valence-corrected chi connectivity index (χ4v) is 2.03. The summed E-state index contributed by atoms with van der Waals surface area (Å²) in [6.07, 6.45) is 4.63. The number of pyridine rings is 2. The molecule has 20 heavy (non-hydrogen) atoms. The average Bonchev–Trinajstić information content (AvgIpc) is 2.97. The molecule has 0 atom stereocenters. The topological polar surface area (TPSA) is 90.9 Å².